The molecule has 3 fully saturated rings. The van der Waals surface area contributed by atoms with Crippen molar-refractivity contribution in [1.29, 1.82) is 0 Å². The number of ether oxygens (including phenoxy) is 1. The largest absolute Gasteiger partial charge is 0.378 e. The Morgan fingerprint density at radius 1 is 1.06 bits per heavy atom. The second kappa shape index (κ2) is 8.50. The van der Waals surface area contributed by atoms with Crippen molar-refractivity contribution < 1.29 is 23.9 Å². The lowest BCUT2D eigenvalue weighted by Gasteiger charge is -2.31. The van der Waals surface area contributed by atoms with Crippen molar-refractivity contribution in [3.8, 4) is 0 Å². The lowest BCUT2D eigenvalue weighted by Crippen LogP contribution is -2.56. The molecule has 36 heavy (non-hydrogen) atoms. The van der Waals surface area contributed by atoms with Gasteiger partial charge in [0.25, 0.3) is 5.91 Å². The number of carbonyl (C=O) groups excluding carboxylic acids is 4. The molecule has 1 spiro atoms. The molecule has 6 rings (SSSR count). The average molecular weight is 553 g/mol. The summed E-state index contributed by atoms with van der Waals surface area (Å²) < 4.78 is 6.18. The van der Waals surface area contributed by atoms with Gasteiger partial charge in [0, 0.05) is 34.9 Å². The van der Waals surface area contributed by atoms with Crippen molar-refractivity contribution in [3.63, 3.8) is 0 Å². The number of benzene rings is 2. The van der Waals surface area contributed by atoms with Crippen molar-refractivity contribution in [2.75, 3.05) is 42.6 Å². The molecule has 10 heteroatoms. The number of fused-ring (bicyclic) bond motifs is 4. The van der Waals surface area contributed by atoms with E-state index in [0.29, 0.717) is 43.2 Å². The first-order valence-electron chi connectivity index (χ1n) is 12.0. The van der Waals surface area contributed by atoms with Crippen LogP contribution in [0.15, 0.2) is 53.0 Å². The monoisotopic (exact) mass is 552 g/mol. The number of hydrogen-bond donors (Lipinski definition) is 1. The van der Waals surface area contributed by atoms with Crippen LogP contribution in [0.25, 0.3) is 0 Å². The Balaban J connectivity index is 1.40. The van der Waals surface area contributed by atoms with Gasteiger partial charge >= 0.3 is 0 Å². The molecular weight excluding hydrogens is 528 g/mol. The summed E-state index contributed by atoms with van der Waals surface area (Å²) in [7, 11) is 0. The topological polar surface area (TPSA) is 99.3 Å². The predicted molar refractivity (Wildman–Crippen MR) is 134 cm³/mol. The molecule has 4 aliphatic heterocycles. The van der Waals surface area contributed by atoms with Gasteiger partial charge in [-0.3, -0.25) is 24.5 Å². The number of imide groups is 1. The fraction of sp³-hybridized carbons (Fsp3) is 0.385. The minimum Gasteiger partial charge on any atom is -0.378 e. The molecule has 0 aromatic heterocycles. The quantitative estimate of drug-likeness (QED) is 0.581. The number of hydrogen-bond acceptors (Lipinski definition) is 6. The molecule has 0 unspecified atom stereocenters. The van der Waals surface area contributed by atoms with Crippen molar-refractivity contribution in [1.82, 2.24) is 10.2 Å². The predicted octanol–water partition coefficient (Wildman–Crippen LogP) is 1.65. The fourth-order valence-corrected chi connectivity index (χ4v) is 6.42. The molecular formula is C26H25BrN4O5. The minimum absolute atomic E-state index is 0.135. The van der Waals surface area contributed by atoms with Gasteiger partial charge in [-0.15, -0.1) is 0 Å². The van der Waals surface area contributed by atoms with Gasteiger partial charge in [-0.2, -0.15) is 0 Å². The van der Waals surface area contributed by atoms with Gasteiger partial charge in [0.15, 0.2) is 0 Å². The van der Waals surface area contributed by atoms with E-state index in [2.05, 4.69) is 21.2 Å². The van der Waals surface area contributed by atoms with Crippen molar-refractivity contribution in [2.45, 2.75) is 18.5 Å². The number of nitrogens with zero attached hydrogens (tertiary/aromatic N) is 3. The standard InChI is InChI=1S/C26H25BrN4O5/c1-15-21-22(24(34)31(23(21)33)17-8-6-16(27)7-9-17)26(28-15)18-4-2-3-5-19(18)30(25(26)35)14-20(32)29-10-12-36-13-11-29/h2-9,15,21-22,28H,10-14H2,1H3/t15-,21+,22+,26+/m1/s1. The zero-order valence-electron chi connectivity index (χ0n) is 19.6. The lowest BCUT2D eigenvalue weighted by atomic mass is 9.76. The number of para-hydroxylation sites is 1. The molecule has 4 atom stereocenters. The van der Waals surface area contributed by atoms with Gasteiger partial charge < -0.3 is 14.5 Å². The molecule has 0 radical (unpaired) electrons. The van der Waals surface area contributed by atoms with Crippen molar-refractivity contribution in [2.24, 2.45) is 11.8 Å². The highest BCUT2D eigenvalue weighted by Crippen LogP contribution is 2.55. The van der Waals surface area contributed by atoms with E-state index in [-0.39, 0.29) is 24.3 Å². The van der Waals surface area contributed by atoms with Crippen LogP contribution in [-0.2, 0) is 29.5 Å². The van der Waals surface area contributed by atoms with E-state index in [9.17, 15) is 19.2 Å². The molecule has 3 saturated heterocycles. The molecule has 0 aliphatic carbocycles. The molecule has 2 aromatic rings. The third kappa shape index (κ3) is 3.21. The normalized spacial score (nSPS) is 29.3. The van der Waals surface area contributed by atoms with E-state index in [4.69, 9.17) is 4.74 Å². The summed E-state index contributed by atoms with van der Waals surface area (Å²) in [4.78, 5) is 59.2. The summed E-state index contributed by atoms with van der Waals surface area (Å²) >= 11 is 3.39. The van der Waals surface area contributed by atoms with E-state index >= 15 is 0 Å². The number of nitrogens with one attached hydrogen (secondary N) is 1. The van der Waals surface area contributed by atoms with Crippen LogP contribution in [0.4, 0.5) is 11.4 Å². The SMILES string of the molecule is C[C@H]1N[C@]2(C(=O)N(CC(=O)N3CCOCC3)c3ccccc32)[C@@H]2C(=O)N(c3ccc(Br)cc3)C(=O)[C@H]21. The second-order valence-corrected chi connectivity index (χ2v) is 10.6. The van der Waals surface area contributed by atoms with Gasteiger partial charge in [-0.1, -0.05) is 34.1 Å². The molecule has 186 valence electrons. The molecule has 9 nitrogen and oxygen atoms in total. The second-order valence-electron chi connectivity index (χ2n) is 9.63. The van der Waals surface area contributed by atoms with Crippen molar-refractivity contribution >= 4 is 50.9 Å². The van der Waals surface area contributed by atoms with Crippen molar-refractivity contribution in [3.05, 3.63) is 58.6 Å². The lowest BCUT2D eigenvalue weighted by molar-refractivity contribution is -0.136. The van der Waals surface area contributed by atoms with E-state index in [0.717, 1.165) is 4.47 Å². The maximum Gasteiger partial charge on any atom is 0.253 e. The van der Waals surface area contributed by atoms with Crippen LogP contribution < -0.4 is 15.1 Å². The van der Waals surface area contributed by atoms with Gasteiger partial charge in [0.05, 0.1) is 30.7 Å². The molecule has 0 bridgehead atoms. The molecule has 2 aromatic carbocycles. The molecule has 0 saturated carbocycles. The van der Waals surface area contributed by atoms with Crippen LogP contribution in [-0.4, -0.2) is 67.4 Å². The molecule has 4 amide bonds. The smallest absolute Gasteiger partial charge is 0.253 e. The molecule has 4 aliphatic rings. The summed E-state index contributed by atoms with van der Waals surface area (Å²) in [5, 5.41) is 3.35. The zero-order valence-corrected chi connectivity index (χ0v) is 21.2. The summed E-state index contributed by atoms with van der Waals surface area (Å²) in [6, 6.07) is 13.8. The summed E-state index contributed by atoms with van der Waals surface area (Å²) in [6.07, 6.45) is 0. The maximum atomic E-state index is 14.2. The summed E-state index contributed by atoms with van der Waals surface area (Å²) in [5.41, 5.74) is 0.279. The van der Waals surface area contributed by atoms with Crippen LogP contribution in [0, 0.1) is 11.8 Å². The Labute approximate surface area is 216 Å². The van der Waals surface area contributed by atoms with E-state index in [1.54, 1.807) is 35.2 Å². The van der Waals surface area contributed by atoms with Gasteiger partial charge in [-0.05, 0) is 37.3 Å². The third-order valence-corrected chi connectivity index (χ3v) is 8.28. The van der Waals surface area contributed by atoms with Crippen LogP contribution in [0.3, 0.4) is 0 Å². The highest BCUT2D eigenvalue weighted by atomic mass is 79.9. The number of amides is 4. The Morgan fingerprint density at radius 2 is 1.75 bits per heavy atom. The third-order valence-electron chi connectivity index (χ3n) is 7.76. The number of morpholine rings is 1. The van der Waals surface area contributed by atoms with Gasteiger partial charge in [-0.25, -0.2) is 4.90 Å². The summed E-state index contributed by atoms with van der Waals surface area (Å²) in [5.74, 6) is -2.89. The average Bonchev–Trinajstić information content (AvgIpc) is 3.43. The van der Waals surface area contributed by atoms with E-state index in [1.807, 2.05) is 25.1 Å². The van der Waals surface area contributed by atoms with Gasteiger partial charge in [0.2, 0.25) is 17.7 Å². The Hall–Kier alpha value is -3.08. The van der Waals surface area contributed by atoms with Crippen LogP contribution in [0.2, 0.25) is 0 Å². The summed E-state index contributed by atoms with van der Waals surface area (Å²) in [6.45, 7) is 3.58. The first-order chi connectivity index (χ1) is 17.3. The fourth-order valence-electron chi connectivity index (χ4n) is 6.16. The number of anilines is 2. The first-order valence-corrected chi connectivity index (χ1v) is 12.8. The highest BCUT2D eigenvalue weighted by Gasteiger charge is 2.71. The van der Waals surface area contributed by atoms with Crippen LogP contribution in [0.1, 0.15) is 12.5 Å². The Kier molecular flexibility index (Phi) is 5.51. The van der Waals surface area contributed by atoms with E-state index < -0.39 is 29.3 Å². The number of halogens is 1. The number of carbonyl (C=O) groups is 4. The first kappa shape index (κ1) is 23.3. The van der Waals surface area contributed by atoms with Crippen LogP contribution in [0.5, 0.6) is 0 Å². The molecule has 1 N–H and O–H groups in total. The molecule has 4 heterocycles. The minimum atomic E-state index is -1.41. The van der Waals surface area contributed by atoms with E-state index in [1.165, 1.54) is 9.80 Å². The Bertz CT molecular complexity index is 1280. The Morgan fingerprint density at radius 3 is 2.47 bits per heavy atom. The highest BCUT2D eigenvalue weighted by molar-refractivity contribution is 9.10. The van der Waals surface area contributed by atoms with Crippen LogP contribution >= 0.6 is 15.9 Å². The maximum absolute atomic E-state index is 14.2. The van der Waals surface area contributed by atoms with Gasteiger partial charge in [0.1, 0.15) is 12.1 Å². The number of rotatable bonds is 3. The zero-order chi connectivity index (χ0) is 25.2.